The van der Waals surface area contributed by atoms with Gasteiger partial charge in [0.15, 0.2) is 11.6 Å². The Balaban J connectivity index is 1.61. The fraction of sp³-hybridized carbons (Fsp3) is 0.316. The Hall–Kier alpha value is -2.94. The Morgan fingerprint density at radius 1 is 1.20 bits per heavy atom. The summed E-state index contributed by atoms with van der Waals surface area (Å²) < 4.78 is 24.8. The maximum atomic E-state index is 14.0. The van der Waals surface area contributed by atoms with Gasteiger partial charge >= 0.3 is 0 Å². The van der Waals surface area contributed by atoms with Crippen LogP contribution in [0, 0.1) is 17.1 Å². The second-order valence-electron chi connectivity index (χ2n) is 5.99. The number of hydrogen-bond donors (Lipinski definition) is 1. The van der Waals surface area contributed by atoms with Gasteiger partial charge in [0.25, 0.3) is 0 Å². The highest BCUT2D eigenvalue weighted by Crippen LogP contribution is 2.29. The van der Waals surface area contributed by atoms with Crippen molar-refractivity contribution in [3.8, 4) is 17.6 Å². The maximum Gasteiger partial charge on any atom is 0.168 e. The van der Waals surface area contributed by atoms with Crippen molar-refractivity contribution < 1.29 is 13.9 Å². The van der Waals surface area contributed by atoms with Crippen molar-refractivity contribution in [3.05, 3.63) is 47.8 Å². The van der Waals surface area contributed by atoms with Gasteiger partial charge in [-0.1, -0.05) is 0 Å². The largest absolute Gasteiger partial charge is 0.497 e. The Kier molecular flexibility index (Phi) is 4.94. The van der Waals surface area contributed by atoms with E-state index in [-0.39, 0.29) is 11.9 Å². The molecule has 0 unspecified atom stereocenters. The van der Waals surface area contributed by atoms with Crippen LogP contribution in [0.15, 0.2) is 36.4 Å². The number of nitrogens with two attached hydrogens (primary N) is 1. The molecule has 0 aliphatic carbocycles. The highest BCUT2D eigenvalue weighted by Gasteiger charge is 2.23. The van der Waals surface area contributed by atoms with Gasteiger partial charge in [0, 0.05) is 32.0 Å². The Labute approximate surface area is 146 Å². The third kappa shape index (κ3) is 3.77. The van der Waals surface area contributed by atoms with Gasteiger partial charge in [-0.2, -0.15) is 5.26 Å². The molecule has 25 heavy (non-hydrogen) atoms. The SMILES string of the molecule is COc1ccc(OC2CCN(c3ccc(C#N)cc3N)CC2)c(F)c1. The molecular weight excluding hydrogens is 321 g/mol. The van der Waals surface area contributed by atoms with Gasteiger partial charge in [-0.15, -0.1) is 0 Å². The average molecular weight is 341 g/mol. The summed E-state index contributed by atoms with van der Waals surface area (Å²) in [5.41, 5.74) is 8.12. The summed E-state index contributed by atoms with van der Waals surface area (Å²) in [5, 5.41) is 8.92. The second-order valence-corrected chi connectivity index (χ2v) is 5.99. The smallest absolute Gasteiger partial charge is 0.168 e. The topological polar surface area (TPSA) is 71.5 Å². The van der Waals surface area contributed by atoms with Crippen molar-refractivity contribution in [2.45, 2.75) is 18.9 Å². The summed E-state index contributed by atoms with van der Waals surface area (Å²) in [5.74, 6) is 0.297. The van der Waals surface area contributed by atoms with Crippen LogP contribution in [0.25, 0.3) is 0 Å². The lowest BCUT2D eigenvalue weighted by Gasteiger charge is -2.34. The van der Waals surface area contributed by atoms with Crippen LogP contribution in [-0.4, -0.2) is 26.3 Å². The van der Waals surface area contributed by atoms with E-state index >= 15 is 0 Å². The number of piperidine rings is 1. The number of rotatable bonds is 4. The van der Waals surface area contributed by atoms with Gasteiger partial charge in [0.05, 0.1) is 30.1 Å². The van der Waals surface area contributed by atoms with Gasteiger partial charge < -0.3 is 20.1 Å². The van der Waals surface area contributed by atoms with Crippen molar-refractivity contribution >= 4 is 11.4 Å². The number of methoxy groups -OCH3 is 1. The molecule has 3 rings (SSSR count). The summed E-state index contributed by atoms with van der Waals surface area (Å²) in [6.07, 6.45) is 1.49. The summed E-state index contributed by atoms with van der Waals surface area (Å²) in [4.78, 5) is 2.17. The van der Waals surface area contributed by atoms with Crippen LogP contribution in [0.1, 0.15) is 18.4 Å². The lowest BCUT2D eigenvalue weighted by atomic mass is 10.1. The van der Waals surface area contributed by atoms with Crippen LogP contribution in [0.4, 0.5) is 15.8 Å². The quantitative estimate of drug-likeness (QED) is 0.864. The number of ether oxygens (including phenoxy) is 2. The first-order chi connectivity index (χ1) is 12.1. The Bertz CT molecular complexity index is 796. The van der Waals surface area contributed by atoms with Crippen LogP contribution < -0.4 is 20.1 Å². The first-order valence-electron chi connectivity index (χ1n) is 8.15. The molecule has 1 heterocycles. The zero-order valence-corrected chi connectivity index (χ0v) is 14.0. The molecule has 0 bridgehead atoms. The minimum Gasteiger partial charge on any atom is -0.497 e. The summed E-state index contributed by atoms with van der Waals surface area (Å²) >= 11 is 0. The molecule has 1 aliphatic rings. The molecular formula is C19H20FN3O2. The van der Waals surface area contributed by atoms with E-state index in [4.69, 9.17) is 20.5 Å². The molecule has 1 fully saturated rings. The van der Waals surface area contributed by atoms with E-state index < -0.39 is 5.82 Å². The fourth-order valence-corrected chi connectivity index (χ4v) is 3.01. The molecule has 0 radical (unpaired) electrons. The first-order valence-corrected chi connectivity index (χ1v) is 8.15. The van der Waals surface area contributed by atoms with Crippen molar-refractivity contribution in [3.63, 3.8) is 0 Å². The molecule has 2 aromatic carbocycles. The van der Waals surface area contributed by atoms with E-state index in [2.05, 4.69) is 11.0 Å². The number of hydrogen-bond acceptors (Lipinski definition) is 5. The van der Waals surface area contributed by atoms with E-state index in [0.29, 0.717) is 17.0 Å². The molecule has 2 aromatic rings. The van der Waals surface area contributed by atoms with E-state index in [0.717, 1.165) is 31.6 Å². The van der Waals surface area contributed by atoms with Crippen LogP contribution in [0.3, 0.4) is 0 Å². The molecule has 0 spiro atoms. The lowest BCUT2D eigenvalue weighted by Crippen LogP contribution is -2.38. The molecule has 1 saturated heterocycles. The van der Waals surface area contributed by atoms with Gasteiger partial charge in [-0.05, 0) is 30.3 Å². The molecule has 0 atom stereocenters. The maximum absolute atomic E-state index is 14.0. The zero-order valence-electron chi connectivity index (χ0n) is 14.0. The molecule has 2 N–H and O–H groups in total. The molecule has 0 saturated carbocycles. The molecule has 130 valence electrons. The van der Waals surface area contributed by atoms with Crippen molar-refractivity contribution in [1.29, 1.82) is 5.26 Å². The lowest BCUT2D eigenvalue weighted by molar-refractivity contribution is 0.163. The number of nitriles is 1. The minimum absolute atomic E-state index is 0.0428. The van der Waals surface area contributed by atoms with Crippen molar-refractivity contribution in [2.24, 2.45) is 0 Å². The second kappa shape index (κ2) is 7.31. The first kappa shape index (κ1) is 16.9. The van der Waals surface area contributed by atoms with E-state index in [9.17, 15) is 4.39 Å². The molecule has 0 amide bonds. The summed E-state index contributed by atoms with van der Waals surface area (Å²) in [7, 11) is 1.50. The standard InChI is InChI=1S/C19H20FN3O2/c1-24-15-3-5-19(16(20)11-15)25-14-6-8-23(9-7-14)18-4-2-13(12-21)10-17(18)22/h2-5,10-11,14H,6-9,22H2,1H3. The normalized spacial score (nSPS) is 14.8. The predicted molar refractivity (Wildman–Crippen MR) is 94.4 cm³/mol. The van der Waals surface area contributed by atoms with Crippen LogP contribution in [0.2, 0.25) is 0 Å². The highest BCUT2D eigenvalue weighted by atomic mass is 19.1. The molecule has 5 nitrogen and oxygen atoms in total. The van der Waals surface area contributed by atoms with Crippen LogP contribution >= 0.6 is 0 Å². The number of halogens is 1. The monoisotopic (exact) mass is 341 g/mol. The zero-order chi connectivity index (χ0) is 17.8. The average Bonchev–Trinajstić information content (AvgIpc) is 2.64. The Morgan fingerprint density at radius 2 is 1.96 bits per heavy atom. The van der Waals surface area contributed by atoms with E-state index in [1.807, 2.05) is 6.07 Å². The predicted octanol–water partition coefficient (Wildman–Crippen LogP) is 3.34. The number of nitrogen functional groups attached to an aromatic ring is 1. The molecule has 0 aromatic heterocycles. The molecule has 1 aliphatic heterocycles. The van der Waals surface area contributed by atoms with Gasteiger partial charge in [-0.25, -0.2) is 4.39 Å². The Morgan fingerprint density at radius 3 is 2.56 bits per heavy atom. The van der Waals surface area contributed by atoms with Crippen molar-refractivity contribution in [2.75, 3.05) is 30.8 Å². The highest BCUT2D eigenvalue weighted by molar-refractivity contribution is 5.69. The third-order valence-electron chi connectivity index (χ3n) is 4.37. The summed E-state index contributed by atoms with van der Waals surface area (Å²) in [6, 6.07) is 12.0. The number of anilines is 2. The summed E-state index contributed by atoms with van der Waals surface area (Å²) in [6.45, 7) is 1.52. The van der Waals surface area contributed by atoms with E-state index in [1.54, 1.807) is 24.3 Å². The molecule has 6 heteroatoms. The van der Waals surface area contributed by atoms with Crippen LogP contribution in [-0.2, 0) is 0 Å². The van der Waals surface area contributed by atoms with Crippen molar-refractivity contribution in [1.82, 2.24) is 0 Å². The third-order valence-corrected chi connectivity index (χ3v) is 4.37. The fourth-order valence-electron chi connectivity index (χ4n) is 3.01. The minimum atomic E-state index is -0.418. The van der Waals surface area contributed by atoms with Gasteiger partial charge in [0.2, 0.25) is 0 Å². The van der Waals surface area contributed by atoms with Gasteiger partial charge in [0.1, 0.15) is 11.9 Å². The van der Waals surface area contributed by atoms with Crippen LogP contribution in [0.5, 0.6) is 11.5 Å². The number of nitrogens with zero attached hydrogens (tertiary/aromatic N) is 2. The van der Waals surface area contributed by atoms with E-state index in [1.165, 1.54) is 13.2 Å². The van der Waals surface area contributed by atoms with Gasteiger partial charge in [-0.3, -0.25) is 0 Å². The number of benzene rings is 2.